The molecule has 1 aromatic heterocycles. The second-order valence-corrected chi connectivity index (χ2v) is 6.83. The molecule has 20 heavy (non-hydrogen) atoms. The SMILES string of the molecule is COc1ncc(C)cc1S(=O)(=O)NC1CCC(O)CC1. The van der Waals surface area contributed by atoms with Crippen molar-refractivity contribution < 1.29 is 18.3 Å². The standard InChI is InChI=1S/C13H20N2O4S/c1-9-7-12(13(19-2)14-8-9)20(17,18)15-10-3-5-11(16)6-4-10/h7-8,10-11,15-16H,3-6H2,1-2H3. The van der Waals surface area contributed by atoms with Crippen LogP contribution in [-0.2, 0) is 10.0 Å². The Balaban J connectivity index is 2.20. The highest BCUT2D eigenvalue weighted by atomic mass is 32.2. The Morgan fingerprint density at radius 3 is 2.60 bits per heavy atom. The molecule has 0 aromatic carbocycles. The van der Waals surface area contributed by atoms with Crippen molar-refractivity contribution in [3.05, 3.63) is 17.8 Å². The summed E-state index contributed by atoms with van der Waals surface area (Å²) in [5, 5.41) is 9.45. The maximum absolute atomic E-state index is 12.4. The molecule has 0 unspecified atom stereocenters. The van der Waals surface area contributed by atoms with Crippen LogP contribution < -0.4 is 9.46 Å². The molecule has 1 aliphatic carbocycles. The monoisotopic (exact) mass is 300 g/mol. The zero-order chi connectivity index (χ0) is 14.8. The van der Waals surface area contributed by atoms with Gasteiger partial charge in [0.2, 0.25) is 15.9 Å². The first-order valence-corrected chi connectivity index (χ1v) is 8.11. The molecule has 2 rings (SSSR count). The highest BCUT2D eigenvalue weighted by molar-refractivity contribution is 7.89. The molecule has 0 saturated heterocycles. The van der Waals surface area contributed by atoms with Gasteiger partial charge < -0.3 is 9.84 Å². The fourth-order valence-electron chi connectivity index (χ4n) is 2.35. The van der Waals surface area contributed by atoms with E-state index in [1.807, 2.05) is 0 Å². The predicted octanol–water partition coefficient (Wildman–Crippen LogP) is 0.980. The van der Waals surface area contributed by atoms with Crippen molar-refractivity contribution in [2.75, 3.05) is 7.11 Å². The molecule has 1 fully saturated rings. The lowest BCUT2D eigenvalue weighted by atomic mass is 9.94. The summed E-state index contributed by atoms with van der Waals surface area (Å²) in [6, 6.07) is 1.40. The van der Waals surface area contributed by atoms with E-state index in [0.717, 1.165) is 5.56 Å². The lowest BCUT2D eigenvalue weighted by Gasteiger charge is -2.26. The van der Waals surface area contributed by atoms with Crippen LogP contribution in [0.25, 0.3) is 0 Å². The van der Waals surface area contributed by atoms with E-state index in [9.17, 15) is 13.5 Å². The molecule has 7 heteroatoms. The van der Waals surface area contributed by atoms with Crippen LogP contribution in [0, 0.1) is 6.92 Å². The van der Waals surface area contributed by atoms with Gasteiger partial charge in [0.25, 0.3) is 0 Å². The maximum Gasteiger partial charge on any atom is 0.246 e. The van der Waals surface area contributed by atoms with E-state index in [2.05, 4.69) is 9.71 Å². The van der Waals surface area contributed by atoms with Gasteiger partial charge in [-0.05, 0) is 44.2 Å². The molecule has 1 aromatic rings. The van der Waals surface area contributed by atoms with Crippen LogP contribution in [0.15, 0.2) is 17.2 Å². The number of nitrogens with zero attached hydrogens (tertiary/aromatic N) is 1. The number of aliphatic hydroxyl groups is 1. The second kappa shape index (κ2) is 6.07. The second-order valence-electron chi connectivity index (χ2n) is 5.15. The largest absolute Gasteiger partial charge is 0.480 e. The zero-order valence-corrected chi connectivity index (χ0v) is 12.5. The molecule has 6 nitrogen and oxygen atoms in total. The molecule has 0 radical (unpaired) electrons. The van der Waals surface area contributed by atoms with Crippen molar-refractivity contribution in [1.82, 2.24) is 9.71 Å². The van der Waals surface area contributed by atoms with Crippen molar-refractivity contribution in [3.8, 4) is 5.88 Å². The lowest BCUT2D eigenvalue weighted by molar-refractivity contribution is 0.120. The molecule has 0 aliphatic heterocycles. The van der Waals surface area contributed by atoms with E-state index in [1.54, 1.807) is 19.2 Å². The molecule has 0 spiro atoms. The lowest BCUT2D eigenvalue weighted by Crippen LogP contribution is -2.38. The summed E-state index contributed by atoms with van der Waals surface area (Å²) in [6.45, 7) is 1.78. The number of nitrogens with one attached hydrogen (secondary N) is 1. The van der Waals surface area contributed by atoms with Gasteiger partial charge in [-0.25, -0.2) is 18.1 Å². The topological polar surface area (TPSA) is 88.5 Å². The third kappa shape index (κ3) is 3.47. The van der Waals surface area contributed by atoms with Crippen LogP contribution in [0.1, 0.15) is 31.2 Å². The minimum absolute atomic E-state index is 0.0612. The number of aryl methyl sites for hydroxylation is 1. The number of aliphatic hydroxyl groups excluding tert-OH is 1. The van der Waals surface area contributed by atoms with Crippen molar-refractivity contribution in [1.29, 1.82) is 0 Å². The number of rotatable bonds is 4. The van der Waals surface area contributed by atoms with Crippen LogP contribution in [0.2, 0.25) is 0 Å². The molecular formula is C13H20N2O4S. The average Bonchev–Trinajstić information content (AvgIpc) is 2.41. The molecule has 1 aliphatic rings. The first-order valence-electron chi connectivity index (χ1n) is 6.63. The zero-order valence-electron chi connectivity index (χ0n) is 11.7. The van der Waals surface area contributed by atoms with Crippen LogP contribution in [0.4, 0.5) is 0 Å². The van der Waals surface area contributed by atoms with Gasteiger partial charge in [-0.15, -0.1) is 0 Å². The van der Waals surface area contributed by atoms with Crippen molar-refractivity contribution in [2.45, 2.75) is 49.6 Å². The highest BCUT2D eigenvalue weighted by Gasteiger charge is 2.27. The first kappa shape index (κ1) is 15.2. The molecule has 112 valence electrons. The minimum atomic E-state index is -3.66. The van der Waals surface area contributed by atoms with Gasteiger partial charge in [0.15, 0.2) is 0 Å². The molecule has 0 amide bonds. The number of sulfonamides is 1. The quantitative estimate of drug-likeness (QED) is 0.865. The number of hydrogen-bond donors (Lipinski definition) is 2. The van der Waals surface area contributed by atoms with Gasteiger partial charge in [-0.1, -0.05) is 0 Å². The predicted molar refractivity (Wildman–Crippen MR) is 74.1 cm³/mol. The minimum Gasteiger partial charge on any atom is -0.480 e. The Labute approximate surface area is 119 Å². The van der Waals surface area contributed by atoms with E-state index < -0.39 is 10.0 Å². The van der Waals surface area contributed by atoms with Gasteiger partial charge >= 0.3 is 0 Å². The maximum atomic E-state index is 12.4. The molecular weight excluding hydrogens is 280 g/mol. The Kier molecular flexibility index (Phi) is 4.62. The van der Waals surface area contributed by atoms with Gasteiger partial charge in [0.1, 0.15) is 4.90 Å². The van der Waals surface area contributed by atoms with E-state index in [0.29, 0.717) is 25.7 Å². The number of pyridine rings is 1. The van der Waals surface area contributed by atoms with Gasteiger partial charge in [-0.2, -0.15) is 0 Å². The summed E-state index contributed by atoms with van der Waals surface area (Å²) in [6.07, 6.45) is 3.77. The Morgan fingerprint density at radius 1 is 1.35 bits per heavy atom. The Bertz CT molecular complexity index is 566. The summed E-state index contributed by atoms with van der Waals surface area (Å²) in [5.74, 6) is 0.0962. The van der Waals surface area contributed by atoms with Gasteiger partial charge in [0.05, 0.1) is 13.2 Å². The molecule has 0 bridgehead atoms. The molecule has 1 saturated carbocycles. The Morgan fingerprint density at radius 2 is 2.00 bits per heavy atom. The molecule has 1 heterocycles. The summed E-state index contributed by atoms with van der Waals surface area (Å²) in [5.41, 5.74) is 0.755. The van der Waals surface area contributed by atoms with Gasteiger partial charge in [0, 0.05) is 12.2 Å². The Hall–Kier alpha value is -1.18. The van der Waals surface area contributed by atoms with Crippen LogP contribution in [0.3, 0.4) is 0 Å². The summed E-state index contributed by atoms with van der Waals surface area (Å²) in [7, 11) is -2.27. The van der Waals surface area contributed by atoms with E-state index >= 15 is 0 Å². The smallest absolute Gasteiger partial charge is 0.246 e. The van der Waals surface area contributed by atoms with E-state index in [1.165, 1.54) is 7.11 Å². The number of hydrogen-bond acceptors (Lipinski definition) is 5. The van der Waals surface area contributed by atoms with Crippen molar-refractivity contribution in [3.63, 3.8) is 0 Å². The molecule has 2 N–H and O–H groups in total. The normalized spacial score (nSPS) is 23.6. The molecule has 0 atom stereocenters. The third-order valence-electron chi connectivity index (χ3n) is 3.46. The first-order chi connectivity index (χ1) is 9.42. The summed E-state index contributed by atoms with van der Waals surface area (Å²) >= 11 is 0. The van der Waals surface area contributed by atoms with Crippen molar-refractivity contribution in [2.24, 2.45) is 0 Å². The van der Waals surface area contributed by atoms with Crippen LogP contribution in [0.5, 0.6) is 5.88 Å². The number of aromatic nitrogens is 1. The van der Waals surface area contributed by atoms with Crippen LogP contribution in [-0.4, -0.2) is 37.8 Å². The third-order valence-corrected chi connectivity index (χ3v) is 4.97. The summed E-state index contributed by atoms with van der Waals surface area (Å²) < 4.78 is 32.5. The van der Waals surface area contributed by atoms with Crippen molar-refractivity contribution >= 4 is 10.0 Å². The highest BCUT2D eigenvalue weighted by Crippen LogP contribution is 2.24. The number of methoxy groups -OCH3 is 1. The van der Waals surface area contributed by atoms with E-state index in [4.69, 9.17) is 4.74 Å². The van der Waals surface area contributed by atoms with Crippen LogP contribution >= 0.6 is 0 Å². The summed E-state index contributed by atoms with van der Waals surface area (Å²) in [4.78, 5) is 4.05. The number of ether oxygens (including phenoxy) is 1. The fraction of sp³-hybridized carbons (Fsp3) is 0.615. The van der Waals surface area contributed by atoms with E-state index in [-0.39, 0.29) is 22.9 Å². The fourth-order valence-corrected chi connectivity index (χ4v) is 3.86. The van der Waals surface area contributed by atoms with Gasteiger partial charge in [-0.3, -0.25) is 0 Å². The average molecular weight is 300 g/mol.